The number of nitriles is 1. The van der Waals surface area contributed by atoms with E-state index in [2.05, 4.69) is 20.9 Å². The van der Waals surface area contributed by atoms with Gasteiger partial charge in [-0.25, -0.2) is 14.2 Å². The minimum absolute atomic E-state index is 0.143. The molecule has 11 heteroatoms. The molecule has 0 aliphatic carbocycles. The molecule has 0 radical (unpaired) electrons. The van der Waals surface area contributed by atoms with Gasteiger partial charge in [0.05, 0.1) is 35.5 Å². The quantitative estimate of drug-likeness (QED) is 0.491. The lowest BCUT2D eigenvalue weighted by Crippen LogP contribution is -2.70. The van der Waals surface area contributed by atoms with Crippen molar-refractivity contribution in [3.05, 3.63) is 22.2 Å². The Balaban J connectivity index is 1.72. The van der Waals surface area contributed by atoms with Gasteiger partial charge < -0.3 is 19.3 Å². The second-order valence-electron chi connectivity index (χ2n) is 12.3. The number of hydrogen-bond acceptors (Lipinski definition) is 8. The van der Waals surface area contributed by atoms with E-state index in [0.717, 1.165) is 12.2 Å². The van der Waals surface area contributed by atoms with Gasteiger partial charge in [-0.1, -0.05) is 11.6 Å². The Hall–Kier alpha value is -2.90. The van der Waals surface area contributed by atoms with Crippen LogP contribution in [0.15, 0.2) is 0 Å². The van der Waals surface area contributed by atoms with Crippen LogP contribution in [0.4, 0.5) is 15.0 Å². The Kier molecular flexibility index (Phi) is 6.83. The van der Waals surface area contributed by atoms with E-state index in [1.807, 2.05) is 48.7 Å². The van der Waals surface area contributed by atoms with E-state index in [1.54, 1.807) is 4.90 Å². The third-order valence-electron chi connectivity index (χ3n) is 8.15. The molecule has 3 aliphatic rings. The number of carbonyl (C=O) groups excluding carboxylic acids is 1. The van der Waals surface area contributed by atoms with Crippen molar-refractivity contribution >= 4 is 34.3 Å². The average molecular weight is 559 g/mol. The fourth-order valence-electron chi connectivity index (χ4n) is 6.52. The Morgan fingerprint density at radius 1 is 1.33 bits per heavy atom. The van der Waals surface area contributed by atoms with Crippen LogP contribution in [-0.4, -0.2) is 82.4 Å². The molecule has 39 heavy (non-hydrogen) atoms. The van der Waals surface area contributed by atoms with Crippen molar-refractivity contribution in [3.63, 3.8) is 0 Å². The van der Waals surface area contributed by atoms with Crippen LogP contribution in [0.5, 0.6) is 5.88 Å². The standard InChI is InChI=1S/C28H36ClFN6O3/c1-15-17(9-13-34(6)7)32-24-20-19(15)21(30)23(29)33-25(20)38-16(2)22-18-8-10-28(11-12-31,14-35(22)24)36(18)26(37)39-27(3,4)5/h16,18,22H,8-11,13-14H2,1-7H3/t16-,18-,22+,28-/m0/s1. The van der Waals surface area contributed by atoms with Crippen LogP contribution in [0.25, 0.3) is 10.8 Å². The number of pyridine rings is 2. The summed E-state index contributed by atoms with van der Waals surface area (Å²) in [6, 6.07) is 1.70. The Labute approximate surface area is 233 Å². The normalized spacial score (nSPS) is 25.8. The van der Waals surface area contributed by atoms with Gasteiger partial charge in [0, 0.05) is 30.6 Å². The molecule has 0 spiro atoms. The summed E-state index contributed by atoms with van der Waals surface area (Å²) < 4.78 is 27.9. The van der Waals surface area contributed by atoms with Gasteiger partial charge in [0.2, 0.25) is 5.88 Å². The average Bonchev–Trinajstić information content (AvgIpc) is 3.03. The molecule has 2 aromatic heterocycles. The van der Waals surface area contributed by atoms with E-state index in [9.17, 15) is 10.1 Å². The molecule has 2 fully saturated rings. The highest BCUT2D eigenvalue weighted by Gasteiger charge is 2.60. The van der Waals surface area contributed by atoms with Gasteiger partial charge in [-0.05, 0) is 67.1 Å². The van der Waals surface area contributed by atoms with E-state index < -0.39 is 29.2 Å². The first-order valence-corrected chi connectivity index (χ1v) is 13.8. The van der Waals surface area contributed by atoms with E-state index in [1.165, 1.54) is 0 Å². The third-order valence-corrected chi connectivity index (χ3v) is 8.40. The van der Waals surface area contributed by atoms with Gasteiger partial charge in [-0.3, -0.25) is 4.90 Å². The number of likely N-dealkylation sites (N-methyl/N-ethyl adjacent to an activating group) is 1. The number of rotatable bonds is 4. The number of carbonyl (C=O) groups is 1. The number of fused-ring (bicyclic) bond motifs is 5. The van der Waals surface area contributed by atoms with Gasteiger partial charge in [0.15, 0.2) is 11.0 Å². The van der Waals surface area contributed by atoms with Crippen LogP contribution in [0.1, 0.15) is 58.2 Å². The minimum Gasteiger partial charge on any atom is -0.472 e. The van der Waals surface area contributed by atoms with Crippen LogP contribution >= 0.6 is 11.6 Å². The van der Waals surface area contributed by atoms with Crippen molar-refractivity contribution in [2.75, 3.05) is 32.1 Å². The molecule has 9 nitrogen and oxygen atoms in total. The van der Waals surface area contributed by atoms with Gasteiger partial charge in [-0.15, -0.1) is 0 Å². The number of anilines is 1. The highest BCUT2D eigenvalue weighted by molar-refractivity contribution is 6.30. The largest absolute Gasteiger partial charge is 0.472 e. The van der Waals surface area contributed by atoms with Crippen molar-refractivity contribution in [3.8, 4) is 11.9 Å². The SMILES string of the molecule is Cc1c(CCN(C)C)nc2c3c(nc(Cl)c(F)c13)O[C@@H](C)[C@@H]1[C@@H]3CC[C@](CC#N)(CN21)N3C(=O)OC(C)(C)C. The summed E-state index contributed by atoms with van der Waals surface area (Å²) in [4.78, 5) is 29.0. The molecule has 0 aromatic carbocycles. The van der Waals surface area contributed by atoms with E-state index in [-0.39, 0.29) is 29.5 Å². The predicted molar refractivity (Wildman–Crippen MR) is 147 cm³/mol. The van der Waals surface area contributed by atoms with E-state index in [4.69, 9.17) is 26.1 Å². The van der Waals surface area contributed by atoms with Gasteiger partial charge in [-0.2, -0.15) is 10.2 Å². The number of halogens is 2. The maximum atomic E-state index is 15.7. The predicted octanol–water partition coefficient (Wildman–Crippen LogP) is 4.86. The zero-order valence-electron chi connectivity index (χ0n) is 23.6. The summed E-state index contributed by atoms with van der Waals surface area (Å²) in [6.45, 7) is 10.4. The molecule has 4 atom stereocenters. The van der Waals surface area contributed by atoms with Crippen molar-refractivity contribution in [2.45, 2.75) is 89.6 Å². The van der Waals surface area contributed by atoms with E-state index >= 15 is 4.39 Å². The molecule has 1 amide bonds. The molecule has 0 N–H and O–H groups in total. The fraction of sp³-hybridized carbons (Fsp3) is 0.643. The zero-order valence-corrected chi connectivity index (χ0v) is 24.4. The molecule has 5 rings (SSSR count). The second-order valence-corrected chi connectivity index (χ2v) is 12.6. The van der Waals surface area contributed by atoms with Crippen LogP contribution in [0, 0.1) is 24.1 Å². The molecular weight excluding hydrogens is 523 g/mol. The van der Waals surface area contributed by atoms with Crippen molar-refractivity contribution < 1.29 is 18.7 Å². The van der Waals surface area contributed by atoms with Gasteiger partial charge >= 0.3 is 6.09 Å². The second kappa shape index (κ2) is 9.63. The Morgan fingerprint density at radius 3 is 2.69 bits per heavy atom. The Morgan fingerprint density at radius 2 is 2.05 bits per heavy atom. The lowest BCUT2D eigenvalue weighted by Gasteiger charge is -2.53. The highest BCUT2D eigenvalue weighted by Crippen LogP contribution is 2.51. The molecule has 210 valence electrons. The fourth-order valence-corrected chi connectivity index (χ4v) is 6.69. The van der Waals surface area contributed by atoms with Gasteiger partial charge in [0.25, 0.3) is 0 Å². The first kappa shape index (κ1) is 27.7. The molecule has 3 aliphatic heterocycles. The number of ether oxygens (including phenoxy) is 2. The smallest absolute Gasteiger partial charge is 0.411 e. The topological polar surface area (TPSA) is 94.8 Å². The molecule has 2 saturated heterocycles. The summed E-state index contributed by atoms with van der Waals surface area (Å²) in [5.74, 6) is 0.200. The number of piperazine rings is 1. The monoisotopic (exact) mass is 558 g/mol. The van der Waals surface area contributed by atoms with Gasteiger partial charge in [0.1, 0.15) is 17.5 Å². The third kappa shape index (κ3) is 4.53. The summed E-state index contributed by atoms with van der Waals surface area (Å²) in [6.07, 6.45) is 1.21. The molecule has 2 aromatic rings. The maximum absolute atomic E-state index is 15.7. The summed E-state index contributed by atoms with van der Waals surface area (Å²) in [5.41, 5.74) is 0.00943. The number of nitrogens with zero attached hydrogens (tertiary/aromatic N) is 6. The van der Waals surface area contributed by atoms with E-state index in [0.29, 0.717) is 48.0 Å². The lowest BCUT2D eigenvalue weighted by atomic mass is 9.89. The molecule has 5 heterocycles. The molecule has 2 bridgehead atoms. The Bertz CT molecular complexity index is 1370. The van der Waals surface area contributed by atoms with Crippen LogP contribution in [0.2, 0.25) is 5.15 Å². The number of amides is 1. The maximum Gasteiger partial charge on any atom is 0.411 e. The summed E-state index contributed by atoms with van der Waals surface area (Å²) >= 11 is 6.29. The summed E-state index contributed by atoms with van der Waals surface area (Å²) in [5, 5.41) is 10.5. The zero-order chi connectivity index (χ0) is 28.4. The first-order valence-electron chi connectivity index (χ1n) is 13.4. The van der Waals surface area contributed by atoms with Crippen LogP contribution in [0.3, 0.4) is 0 Å². The van der Waals surface area contributed by atoms with Crippen molar-refractivity contribution in [1.82, 2.24) is 19.8 Å². The number of hydrogen-bond donors (Lipinski definition) is 0. The molecule has 0 saturated carbocycles. The lowest BCUT2D eigenvalue weighted by molar-refractivity contribution is -0.0196. The summed E-state index contributed by atoms with van der Waals surface area (Å²) in [7, 11) is 3.96. The van der Waals surface area contributed by atoms with Crippen LogP contribution in [-0.2, 0) is 11.2 Å². The molecule has 0 unspecified atom stereocenters. The number of aryl methyl sites for hydroxylation is 1. The van der Waals surface area contributed by atoms with Crippen LogP contribution < -0.4 is 9.64 Å². The number of aromatic nitrogens is 2. The first-order chi connectivity index (χ1) is 18.3. The minimum atomic E-state index is -0.774. The highest BCUT2D eigenvalue weighted by atomic mass is 35.5. The molecular formula is C28H36ClFN6O3. The van der Waals surface area contributed by atoms with Crippen molar-refractivity contribution in [1.29, 1.82) is 5.26 Å². The van der Waals surface area contributed by atoms with Crippen molar-refractivity contribution in [2.24, 2.45) is 0 Å².